The van der Waals surface area contributed by atoms with E-state index >= 15 is 0 Å². The molecule has 1 aromatic carbocycles. The molecule has 6 heteroatoms. The minimum Gasteiger partial charge on any atom is -0.351 e. The van der Waals surface area contributed by atoms with Gasteiger partial charge in [-0.2, -0.15) is 11.8 Å². The molecule has 128 valence electrons. The SMILES string of the molecule is CCSCCC(=O)N1CCN(C(=O)c2cc3ccccc3[nH]2)CC1. The van der Waals surface area contributed by atoms with Gasteiger partial charge in [0.2, 0.25) is 5.91 Å². The van der Waals surface area contributed by atoms with Crippen molar-refractivity contribution in [2.45, 2.75) is 13.3 Å². The number of aromatic amines is 1. The number of hydrogen-bond donors (Lipinski definition) is 1. The molecule has 1 aliphatic rings. The number of H-pyrrole nitrogens is 1. The first-order chi connectivity index (χ1) is 11.7. The van der Waals surface area contributed by atoms with E-state index in [1.807, 2.05) is 40.1 Å². The summed E-state index contributed by atoms with van der Waals surface area (Å²) in [5, 5.41) is 1.04. The summed E-state index contributed by atoms with van der Waals surface area (Å²) in [6, 6.07) is 9.78. The Hall–Kier alpha value is -1.95. The molecule has 1 saturated heterocycles. The maximum atomic E-state index is 12.6. The molecule has 2 aromatic rings. The minimum atomic E-state index is 0.0137. The van der Waals surface area contributed by atoms with E-state index in [2.05, 4.69) is 11.9 Å². The first-order valence-corrected chi connectivity index (χ1v) is 9.57. The smallest absolute Gasteiger partial charge is 0.270 e. The van der Waals surface area contributed by atoms with Crippen LogP contribution < -0.4 is 0 Å². The quantitative estimate of drug-likeness (QED) is 0.848. The third-order valence-electron chi connectivity index (χ3n) is 4.34. The lowest BCUT2D eigenvalue weighted by atomic mass is 10.2. The molecular formula is C18H23N3O2S. The predicted molar refractivity (Wildman–Crippen MR) is 98.4 cm³/mol. The molecule has 1 fully saturated rings. The van der Waals surface area contributed by atoms with E-state index in [-0.39, 0.29) is 11.8 Å². The number of benzene rings is 1. The molecule has 24 heavy (non-hydrogen) atoms. The van der Waals surface area contributed by atoms with E-state index in [9.17, 15) is 9.59 Å². The summed E-state index contributed by atoms with van der Waals surface area (Å²) in [4.78, 5) is 31.7. The zero-order valence-electron chi connectivity index (χ0n) is 14.0. The molecule has 2 heterocycles. The van der Waals surface area contributed by atoms with Gasteiger partial charge in [-0.1, -0.05) is 25.1 Å². The van der Waals surface area contributed by atoms with Crippen molar-refractivity contribution in [2.75, 3.05) is 37.7 Å². The van der Waals surface area contributed by atoms with Crippen molar-refractivity contribution in [3.05, 3.63) is 36.0 Å². The lowest BCUT2D eigenvalue weighted by molar-refractivity contribution is -0.132. The number of aromatic nitrogens is 1. The number of hydrogen-bond acceptors (Lipinski definition) is 3. The number of nitrogens with zero attached hydrogens (tertiary/aromatic N) is 2. The second-order valence-electron chi connectivity index (χ2n) is 5.89. The number of nitrogens with one attached hydrogen (secondary N) is 1. The highest BCUT2D eigenvalue weighted by molar-refractivity contribution is 7.99. The van der Waals surface area contributed by atoms with Gasteiger partial charge in [0.25, 0.3) is 5.91 Å². The summed E-state index contributed by atoms with van der Waals surface area (Å²) in [6.07, 6.45) is 0.592. The molecule has 0 spiro atoms. The van der Waals surface area contributed by atoms with Gasteiger partial charge in [0.1, 0.15) is 5.69 Å². The Kier molecular flexibility index (Phi) is 5.45. The van der Waals surface area contributed by atoms with Crippen LogP contribution in [0, 0.1) is 0 Å². The Balaban J connectivity index is 1.56. The standard InChI is InChI=1S/C18H23N3O2S/c1-2-24-12-7-17(22)20-8-10-21(11-9-20)18(23)16-13-14-5-3-4-6-15(14)19-16/h3-6,13,19H,2,7-12H2,1H3. The number of amides is 2. The number of para-hydroxylation sites is 1. The normalized spacial score (nSPS) is 15.0. The van der Waals surface area contributed by atoms with Crippen molar-refractivity contribution in [3.63, 3.8) is 0 Å². The van der Waals surface area contributed by atoms with E-state index in [0.29, 0.717) is 38.3 Å². The van der Waals surface area contributed by atoms with Crippen LogP contribution >= 0.6 is 11.8 Å². The van der Waals surface area contributed by atoms with Gasteiger partial charge >= 0.3 is 0 Å². The molecule has 1 aromatic heterocycles. The summed E-state index contributed by atoms with van der Waals surface area (Å²) in [5.41, 5.74) is 1.60. The van der Waals surface area contributed by atoms with Crippen LogP contribution in [-0.4, -0.2) is 64.3 Å². The number of carbonyl (C=O) groups is 2. The van der Waals surface area contributed by atoms with Crippen LogP contribution in [0.1, 0.15) is 23.8 Å². The zero-order chi connectivity index (χ0) is 16.9. The van der Waals surface area contributed by atoms with Crippen LogP contribution in [0.3, 0.4) is 0 Å². The fourth-order valence-electron chi connectivity index (χ4n) is 2.98. The third-order valence-corrected chi connectivity index (χ3v) is 5.25. The fourth-order valence-corrected chi connectivity index (χ4v) is 3.59. The van der Waals surface area contributed by atoms with E-state index in [0.717, 1.165) is 22.4 Å². The summed E-state index contributed by atoms with van der Waals surface area (Å²) >= 11 is 1.79. The second-order valence-corrected chi connectivity index (χ2v) is 7.28. The molecule has 1 aliphatic heterocycles. The first kappa shape index (κ1) is 16.9. The number of fused-ring (bicyclic) bond motifs is 1. The van der Waals surface area contributed by atoms with E-state index in [1.54, 1.807) is 11.8 Å². The molecule has 5 nitrogen and oxygen atoms in total. The average molecular weight is 345 g/mol. The summed E-state index contributed by atoms with van der Waals surface area (Å²) in [5.74, 6) is 2.14. The van der Waals surface area contributed by atoms with Crippen molar-refractivity contribution in [1.29, 1.82) is 0 Å². The van der Waals surface area contributed by atoms with Gasteiger partial charge in [-0.25, -0.2) is 0 Å². The van der Waals surface area contributed by atoms with Crippen LogP contribution in [0.25, 0.3) is 10.9 Å². The summed E-state index contributed by atoms with van der Waals surface area (Å²) < 4.78 is 0. The van der Waals surface area contributed by atoms with Gasteiger partial charge in [0, 0.05) is 49.3 Å². The Morgan fingerprint density at radius 2 is 1.83 bits per heavy atom. The van der Waals surface area contributed by atoms with Gasteiger partial charge in [-0.3, -0.25) is 9.59 Å². The van der Waals surface area contributed by atoms with Crippen molar-refractivity contribution in [2.24, 2.45) is 0 Å². The van der Waals surface area contributed by atoms with Crippen molar-refractivity contribution < 1.29 is 9.59 Å². The van der Waals surface area contributed by atoms with Crippen LogP contribution in [0.4, 0.5) is 0 Å². The van der Waals surface area contributed by atoms with Crippen LogP contribution in [0.15, 0.2) is 30.3 Å². The van der Waals surface area contributed by atoms with Crippen molar-refractivity contribution >= 4 is 34.5 Å². The van der Waals surface area contributed by atoms with Crippen molar-refractivity contribution in [3.8, 4) is 0 Å². The first-order valence-electron chi connectivity index (χ1n) is 8.41. The zero-order valence-corrected chi connectivity index (χ0v) is 14.8. The van der Waals surface area contributed by atoms with Gasteiger partial charge in [-0.15, -0.1) is 0 Å². The minimum absolute atomic E-state index is 0.0137. The number of carbonyl (C=O) groups excluding carboxylic acids is 2. The summed E-state index contributed by atoms with van der Waals surface area (Å²) in [7, 11) is 0. The molecule has 1 N–H and O–H groups in total. The molecule has 2 amide bonds. The molecule has 3 rings (SSSR count). The van der Waals surface area contributed by atoms with Gasteiger partial charge in [-0.05, 0) is 17.9 Å². The van der Waals surface area contributed by atoms with Gasteiger partial charge in [0.15, 0.2) is 0 Å². The van der Waals surface area contributed by atoms with E-state index < -0.39 is 0 Å². The van der Waals surface area contributed by atoms with Crippen LogP contribution in [-0.2, 0) is 4.79 Å². The summed E-state index contributed by atoms with van der Waals surface area (Å²) in [6.45, 7) is 4.55. The molecule has 0 unspecified atom stereocenters. The molecule has 0 atom stereocenters. The van der Waals surface area contributed by atoms with Crippen molar-refractivity contribution in [1.82, 2.24) is 14.8 Å². The predicted octanol–water partition coefficient (Wildman–Crippen LogP) is 2.60. The molecular weight excluding hydrogens is 322 g/mol. The number of thioether (sulfide) groups is 1. The number of piperazine rings is 1. The second kappa shape index (κ2) is 7.75. The van der Waals surface area contributed by atoms with E-state index in [1.165, 1.54) is 0 Å². The monoisotopic (exact) mass is 345 g/mol. The Morgan fingerprint density at radius 3 is 2.54 bits per heavy atom. The molecule has 0 saturated carbocycles. The highest BCUT2D eigenvalue weighted by Gasteiger charge is 2.25. The highest BCUT2D eigenvalue weighted by Crippen LogP contribution is 2.17. The average Bonchev–Trinajstić information content (AvgIpc) is 3.05. The topological polar surface area (TPSA) is 56.4 Å². The van der Waals surface area contributed by atoms with Gasteiger partial charge in [0.05, 0.1) is 0 Å². The van der Waals surface area contributed by atoms with Crippen LogP contribution in [0.5, 0.6) is 0 Å². The van der Waals surface area contributed by atoms with Gasteiger partial charge < -0.3 is 14.8 Å². The molecule has 0 radical (unpaired) electrons. The molecule has 0 bridgehead atoms. The Bertz CT molecular complexity index is 687. The Morgan fingerprint density at radius 1 is 1.12 bits per heavy atom. The highest BCUT2D eigenvalue weighted by atomic mass is 32.2. The lowest BCUT2D eigenvalue weighted by Gasteiger charge is -2.34. The maximum absolute atomic E-state index is 12.6. The third kappa shape index (κ3) is 3.75. The lowest BCUT2D eigenvalue weighted by Crippen LogP contribution is -2.50. The van der Waals surface area contributed by atoms with Crippen LogP contribution in [0.2, 0.25) is 0 Å². The maximum Gasteiger partial charge on any atom is 0.270 e. The number of rotatable bonds is 5. The largest absolute Gasteiger partial charge is 0.351 e. The van der Waals surface area contributed by atoms with E-state index in [4.69, 9.17) is 0 Å². The fraction of sp³-hybridized carbons (Fsp3) is 0.444. The molecule has 0 aliphatic carbocycles. The Labute approximate surface area is 146 Å².